The first kappa shape index (κ1) is 21.0. The molecule has 10 heteroatoms. The number of carbonyl (C=O) groups excluding carboxylic acids is 1. The van der Waals surface area contributed by atoms with Crippen LogP contribution in [0.15, 0.2) is 53.3 Å². The van der Waals surface area contributed by atoms with Gasteiger partial charge in [0.25, 0.3) is 5.56 Å². The second-order valence-corrected chi connectivity index (χ2v) is 6.67. The lowest BCUT2D eigenvalue weighted by molar-refractivity contribution is -0.118. The summed E-state index contributed by atoms with van der Waals surface area (Å²) in [5.41, 5.74) is 6.51. The van der Waals surface area contributed by atoms with Crippen LogP contribution >= 0.6 is 11.6 Å². The molecule has 0 bridgehead atoms. The minimum atomic E-state index is -1.04. The molecule has 1 heterocycles. The third kappa shape index (κ3) is 4.82. The van der Waals surface area contributed by atoms with Gasteiger partial charge in [0.05, 0.1) is 12.3 Å². The molecule has 0 radical (unpaired) electrons. The number of anilines is 3. The maximum Gasteiger partial charge on any atom is 0.270 e. The third-order valence-corrected chi connectivity index (χ3v) is 4.35. The second kappa shape index (κ2) is 9.19. The van der Waals surface area contributed by atoms with Crippen molar-refractivity contribution in [3.63, 3.8) is 0 Å². The van der Waals surface area contributed by atoms with Crippen LogP contribution in [0.2, 0.25) is 5.02 Å². The number of hydrogen-bond donors (Lipinski definition) is 5. The quantitative estimate of drug-likeness (QED) is 0.404. The maximum absolute atomic E-state index is 12.4. The molecule has 0 fully saturated rings. The van der Waals surface area contributed by atoms with Gasteiger partial charge in [-0.25, -0.2) is 4.98 Å². The minimum Gasteiger partial charge on any atom is -0.394 e. The van der Waals surface area contributed by atoms with Crippen LogP contribution in [0.3, 0.4) is 0 Å². The number of H-pyrrole nitrogens is 1. The number of aromatic nitrogens is 2. The molecule has 3 rings (SSSR count). The highest BCUT2D eigenvalue weighted by Gasteiger charge is 2.15. The summed E-state index contributed by atoms with van der Waals surface area (Å²) in [6.07, 6.45) is 0. The number of rotatable bonds is 6. The fourth-order valence-corrected chi connectivity index (χ4v) is 2.67. The van der Waals surface area contributed by atoms with Gasteiger partial charge in [0.2, 0.25) is 11.9 Å². The van der Waals surface area contributed by atoms with Gasteiger partial charge < -0.3 is 21.5 Å². The van der Waals surface area contributed by atoms with Crippen molar-refractivity contribution in [2.45, 2.75) is 6.04 Å². The highest BCUT2D eigenvalue weighted by Crippen LogP contribution is 2.23. The van der Waals surface area contributed by atoms with E-state index in [9.17, 15) is 14.9 Å². The molecule has 0 aliphatic carbocycles. The summed E-state index contributed by atoms with van der Waals surface area (Å²) in [6, 6.07) is 14.0. The summed E-state index contributed by atoms with van der Waals surface area (Å²) < 4.78 is 0. The molecule has 1 atom stereocenters. The summed E-state index contributed by atoms with van der Waals surface area (Å²) in [5, 5.41) is 24.4. The number of amides is 1. The zero-order valence-corrected chi connectivity index (χ0v) is 16.3. The molecule has 6 N–H and O–H groups in total. The number of nitrogens with two attached hydrogens (primary N) is 1. The van der Waals surface area contributed by atoms with Crippen LogP contribution in [-0.4, -0.2) is 33.6 Å². The minimum absolute atomic E-state index is 0.143. The molecule has 30 heavy (non-hydrogen) atoms. The van der Waals surface area contributed by atoms with Gasteiger partial charge in [0.15, 0.2) is 0 Å². The second-order valence-electron chi connectivity index (χ2n) is 6.24. The van der Waals surface area contributed by atoms with Gasteiger partial charge in [-0.15, -0.1) is 0 Å². The Morgan fingerprint density at radius 3 is 2.43 bits per heavy atom. The first-order valence-electron chi connectivity index (χ1n) is 8.76. The Bertz CT molecular complexity index is 1150. The van der Waals surface area contributed by atoms with Crippen molar-refractivity contribution >= 4 is 34.8 Å². The van der Waals surface area contributed by atoms with Crippen molar-refractivity contribution in [1.82, 2.24) is 9.97 Å². The van der Waals surface area contributed by atoms with Gasteiger partial charge >= 0.3 is 0 Å². The lowest BCUT2D eigenvalue weighted by Gasteiger charge is -2.11. The molecule has 2 aromatic carbocycles. The lowest BCUT2D eigenvalue weighted by atomic mass is 10.1. The highest BCUT2D eigenvalue weighted by atomic mass is 35.5. The number of aromatic amines is 1. The van der Waals surface area contributed by atoms with E-state index in [2.05, 4.69) is 20.6 Å². The standard InChI is InChI=1S/C20H17ClN6O3/c21-12-3-7-14(8-4-12)25-20-26-17(15(9-22)18(29)27-20)11-1-5-13(6-2-11)24-19(30)16(23)10-28/h1-8,16,28H,10,23H2,(H,24,30)(H2,25,26,27,29). The number of nitriles is 1. The van der Waals surface area contributed by atoms with E-state index < -0.39 is 24.1 Å². The molecule has 0 spiro atoms. The normalized spacial score (nSPS) is 11.4. The summed E-state index contributed by atoms with van der Waals surface area (Å²) in [4.78, 5) is 31.0. The zero-order chi connectivity index (χ0) is 21.7. The van der Waals surface area contributed by atoms with E-state index >= 15 is 0 Å². The number of nitrogens with zero attached hydrogens (tertiary/aromatic N) is 2. The van der Waals surface area contributed by atoms with E-state index in [1.54, 1.807) is 48.5 Å². The van der Waals surface area contributed by atoms with Gasteiger partial charge in [-0.05, 0) is 36.4 Å². The first-order valence-corrected chi connectivity index (χ1v) is 9.14. The van der Waals surface area contributed by atoms with Crippen LogP contribution in [0.4, 0.5) is 17.3 Å². The molecule has 152 valence electrons. The van der Waals surface area contributed by atoms with E-state index in [0.29, 0.717) is 22.0 Å². The Morgan fingerprint density at radius 2 is 1.83 bits per heavy atom. The van der Waals surface area contributed by atoms with Gasteiger partial charge in [0.1, 0.15) is 17.7 Å². The topological polar surface area (TPSA) is 157 Å². The van der Waals surface area contributed by atoms with Crippen LogP contribution < -0.4 is 21.9 Å². The summed E-state index contributed by atoms with van der Waals surface area (Å²) in [7, 11) is 0. The van der Waals surface area contributed by atoms with Crippen molar-refractivity contribution in [2.75, 3.05) is 17.2 Å². The molecule has 1 amide bonds. The number of benzene rings is 2. The van der Waals surface area contributed by atoms with E-state index in [4.69, 9.17) is 22.4 Å². The average molecular weight is 425 g/mol. The van der Waals surface area contributed by atoms with Crippen LogP contribution in [0.1, 0.15) is 5.56 Å². The molecular weight excluding hydrogens is 408 g/mol. The van der Waals surface area contributed by atoms with Crippen molar-refractivity contribution < 1.29 is 9.90 Å². The van der Waals surface area contributed by atoms with E-state index in [0.717, 1.165) is 0 Å². The monoisotopic (exact) mass is 424 g/mol. The number of aliphatic hydroxyl groups excluding tert-OH is 1. The smallest absolute Gasteiger partial charge is 0.270 e. The van der Waals surface area contributed by atoms with Gasteiger partial charge in [-0.3, -0.25) is 14.6 Å². The molecule has 3 aromatic rings. The molecule has 1 unspecified atom stereocenters. The Balaban J connectivity index is 1.91. The average Bonchev–Trinajstić information content (AvgIpc) is 2.75. The van der Waals surface area contributed by atoms with Crippen molar-refractivity contribution in [3.05, 3.63) is 69.5 Å². The molecule has 0 saturated heterocycles. The Hall–Kier alpha value is -3.71. The number of hydrogen-bond acceptors (Lipinski definition) is 7. The SMILES string of the molecule is N#Cc1c(-c2ccc(NC(=O)C(N)CO)cc2)nc(Nc2ccc(Cl)cc2)[nH]c1=O. The van der Waals surface area contributed by atoms with Crippen molar-refractivity contribution in [3.8, 4) is 17.3 Å². The van der Waals surface area contributed by atoms with Crippen molar-refractivity contribution in [2.24, 2.45) is 5.73 Å². The maximum atomic E-state index is 12.4. The Morgan fingerprint density at radius 1 is 1.20 bits per heavy atom. The number of carbonyl (C=O) groups is 1. The Kier molecular flexibility index (Phi) is 6.44. The number of nitrogens with one attached hydrogen (secondary N) is 3. The molecular formula is C20H17ClN6O3. The first-order chi connectivity index (χ1) is 14.4. The van der Waals surface area contributed by atoms with E-state index in [1.165, 1.54) is 0 Å². The third-order valence-electron chi connectivity index (χ3n) is 4.10. The predicted octanol–water partition coefficient (Wildman–Crippen LogP) is 1.96. The lowest BCUT2D eigenvalue weighted by Crippen LogP contribution is -2.38. The number of aliphatic hydroxyl groups is 1. The predicted molar refractivity (Wildman–Crippen MR) is 113 cm³/mol. The number of halogens is 1. The molecule has 9 nitrogen and oxygen atoms in total. The van der Waals surface area contributed by atoms with Crippen molar-refractivity contribution in [1.29, 1.82) is 5.26 Å². The fourth-order valence-electron chi connectivity index (χ4n) is 2.54. The summed E-state index contributed by atoms with van der Waals surface area (Å²) in [5.74, 6) is -0.380. The summed E-state index contributed by atoms with van der Waals surface area (Å²) >= 11 is 5.87. The highest BCUT2D eigenvalue weighted by molar-refractivity contribution is 6.30. The summed E-state index contributed by atoms with van der Waals surface area (Å²) in [6.45, 7) is -0.477. The Labute approximate surface area is 176 Å². The van der Waals surface area contributed by atoms with Crippen LogP contribution in [0.25, 0.3) is 11.3 Å². The van der Waals surface area contributed by atoms with Crippen LogP contribution in [0.5, 0.6) is 0 Å². The molecule has 0 aliphatic rings. The molecule has 0 aliphatic heterocycles. The van der Waals surface area contributed by atoms with Crippen LogP contribution in [0, 0.1) is 11.3 Å². The molecule has 0 saturated carbocycles. The van der Waals surface area contributed by atoms with E-state index in [1.807, 2.05) is 6.07 Å². The van der Waals surface area contributed by atoms with Gasteiger partial charge in [-0.2, -0.15) is 5.26 Å². The largest absolute Gasteiger partial charge is 0.394 e. The van der Waals surface area contributed by atoms with Crippen LogP contribution in [-0.2, 0) is 4.79 Å². The zero-order valence-electron chi connectivity index (χ0n) is 15.5. The van der Waals surface area contributed by atoms with E-state index in [-0.39, 0.29) is 17.2 Å². The fraction of sp³-hybridized carbons (Fsp3) is 0.100. The molecule has 1 aromatic heterocycles. The van der Waals surface area contributed by atoms with Gasteiger partial charge in [0, 0.05) is 22.0 Å². The van der Waals surface area contributed by atoms with Gasteiger partial charge in [-0.1, -0.05) is 23.7 Å².